The number of benzene rings is 1. The second-order valence-electron chi connectivity index (χ2n) is 5.60. The summed E-state index contributed by atoms with van der Waals surface area (Å²) in [6.07, 6.45) is 1.61. The van der Waals surface area contributed by atoms with Gasteiger partial charge in [-0.15, -0.1) is 11.8 Å². The summed E-state index contributed by atoms with van der Waals surface area (Å²) in [5.41, 5.74) is 0.0723. The van der Waals surface area contributed by atoms with Crippen LogP contribution in [0.4, 0.5) is 0 Å². The summed E-state index contributed by atoms with van der Waals surface area (Å²) >= 11 is 1.83. The lowest BCUT2D eigenvalue weighted by Gasteiger charge is -2.17. The number of nitrogens with one attached hydrogen (secondary N) is 1. The van der Waals surface area contributed by atoms with Crippen LogP contribution in [0.5, 0.6) is 0 Å². The molecule has 0 heterocycles. The van der Waals surface area contributed by atoms with Crippen LogP contribution in [0.3, 0.4) is 0 Å². The lowest BCUT2D eigenvalue weighted by atomic mass is 9.92. The first-order valence-corrected chi connectivity index (χ1v) is 7.40. The van der Waals surface area contributed by atoms with Gasteiger partial charge in [-0.3, -0.25) is 4.79 Å². The first kappa shape index (κ1) is 15.1. The number of carbonyl (C=O) groups excluding carboxylic acids is 1. The van der Waals surface area contributed by atoms with Crippen molar-refractivity contribution in [1.29, 1.82) is 0 Å². The Morgan fingerprint density at radius 1 is 1.22 bits per heavy atom. The number of rotatable bonds is 6. The molecule has 0 unspecified atom stereocenters. The Balaban J connectivity index is 2.07. The second-order valence-corrected chi connectivity index (χ2v) is 6.77. The molecule has 0 atom stereocenters. The molecule has 0 bridgehead atoms. The minimum Gasteiger partial charge on any atom is -0.356 e. The number of hydrogen-bond acceptors (Lipinski definition) is 2. The smallest absolute Gasteiger partial charge is 0.220 e. The van der Waals surface area contributed by atoms with Crippen LogP contribution < -0.4 is 5.32 Å². The SMILES string of the molecule is CC(C)(C)CC(=O)NCCCSc1ccccc1. The number of amides is 1. The van der Waals surface area contributed by atoms with Crippen LogP contribution in [0, 0.1) is 5.41 Å². The molecule has 0 aliphatic heterocycles. The Labute approximate surface area is 115 Å². The van der Waals surface area contributed by atoms with Crippen molar-refractivity contribution in [2.75, 3.05) is 12.3 Å². The summed E-state index contributed by atoms with van der Waals surface area (Å²) in [5.74, 6) is 1.20. The minimum absolute atomic E-state index is 0.0723. The Hall–Kier alpha value is -0.960. The highest BCUT2D eigenvalue weighted by Gasteiger charge is 2.14. The summed E-state index contributed by atoms with van der Waals surface area (Å²) in [4.78, 5) is 12.9. The van der Waals surface area contributed by atoms with Gasteiger partial charge in [0, 0.05) is 17.9 Å². The van der Waals surface area contributed by atoms with E-state index in [0.717, 1.165) is 18.7 Å². The third kappa shape index (κ3) is 7.38. The lowest BCUT2D eigenvalue weighted by Crippen LogP contribution is -2.28. The molecule has 0 saturated carbocycles. The van der Waals surface area contributed by atoms with Crippen LogP contribution in [-0.2, 0) is 4.79 Å². The van der Waals surface area contributed by atoms with Gasteiger partial charge in [0.05, 0.1) is 0 Å². The maximum Gasteiger partial charge on any atom is 0.220 e. The van der Waals surface area contributed by atoms with Crippen molar-refractivity contribution >= 4 is 17.7 Å². The fourth-order valence-corrected chi connectivity index (χ4v) is 2.42. The van der Waals surface area contributed by atoms with Crippen molar-refractivity contribution in [2.45, 2.75) is 38.5 Å². The highest BCUT2D eigenvalue weighted by atomic mass is 32.2. The monoisotopic (exact) mass is 265 g/mol. The molecule has 0 radical (unpaired) electrons. The molecular weight excluding hydrogens is 242 g/mol. The maximum absolute atomic E-state index is 11.6. The van der Waals surface area contributed by atoms with E-state index in [4.69, 9.17) is 0 Å². The van der Waals surface area contributed by atoms with Crippen molar-refractivity contribution < 1.29 is 4.79 Å². The standard InChI is InChI=1S/C15H23NOS/c1-15(2,3)12-14(17)16-10-7-11-18-13-8-5-4-6-9-13/h4-6,8-9H,7,10-12H2,1-3H3,(H,16,17). The van der Waals surface area contributed by atoms with Gasteiger partial charge in [-0.05, 0) is 29.7 Å². The molecule has 0 aliphatic rings. The largest absolute Gasteiger partial charge is 0.356 e. The topological polar surface area (TPSA) is 29.1 Å². The molecule has 0 saturated heterocycles. The number of hydrogen-bond donors (Lipinski definition) is 1. The predicted octanol–water partition coefficient (Wildman–Crippen LogP) is 3.72. The van der Waals surface area contributed by atoms with Gasteiger partial charge >= 0.3 is 0 Å². The van der Waals surface area contributed by atoms with Gasteiger partial charge in [0.15, 0.2) is 0 Å². The quantitative estimate of drug-likeness (QED) is 0.627. The van der Waals surface area contributed by atoms with Crippen LogP contribution in [0.25, 0.3) is 0 Å². The zero-order valence-electron chi connectivity index (χ0n) is 11.5. The fourth-order valence-electron chi connectivity index (χ4n) is 1.55. The first-order chi connectivity index (χ1) is 8.47. The Bertz CT molecular complexity index is 357. The Kier molecular flexibility index (Phi) is 6.27. The van der Waals surface area contributed by atoms with E-state index >= 15 is 0 Å². The zero-order valence-corrected chi connectivity index (χ0v) is 12.3. The van der Waals surface area contributed by atoms with E-state index in [0.29, 0.717) is 6.42 Å². The van der Waals surface area contributed by atoms with Gasteiger partial charge in [0.1, 0.15) is 0 Å². The number of carbonyl (C=O) groups is 1. The highest BCUT2D eigenvalue weighted by Crippen LogP contribution is 2.18. The highest BCUT2D eigenvalue weighted by molar-refractivity contribution is 7.99. The number of thioether (sulfide) groups is 1. The summed E-state index contributed by atoms with van der Waals surface area (Å²) in [5, 5.41) is 2.97. The molecule has 0 aliphatic carbocycles. The van der Waals surface area contributed by atoms with Crippen LogP contribution in [-0.4, -0.2) is 18.2 Å². The van der Waals surface area contributed by atoms with Crippen LogP contribution in [0.1, 0.15) is 33.6 Å². The van der Waals surface area contributed by atoms with Crippen LogP contribution >= 0.6 is 11.8 Å². The Morgan fingerprint density at radius 2 is 1.89 bits per heavy atom. The van der Waals surface area contributed by atoms with Crippen molar-refractivity contribution in [3.05, 3.63) is 30.3 Å². The molecule has 0 spiro atoms. The molecular formula is C15H23NOS. The van der Waals surface area contributed by atoms with Crippen LogP contribution in [0.2, 0.25) is 0 Å². The normalized spacial score (nSPS) is 11.3. The van der Waals surface area contributed by atoms with E-state index in [-0.39, 0.29) is 11.3 Å². The third-order valence-corrected chi connectivity index (χ3v) is 3.44. The minimum atomic E-state index is 0.0723. The van der Waals surface area contributed by atoms with E-state index in [9.17, 15) is 4.79 Å². The van der Waals surface area contributed by atoms with Crippen LogP contribution in [0.15, 0.2) is 35.2 Å². The summed E-state index contributed by atoms with van der Waals surface area (Å²) in [7, 11) is 0. The molecule has 18 heavy (non-hydrogen) atoms. The van der Waals surface area contributed by atoms with Crippen molar-refractivity contribution in [3.63, 3.8) is 0 Å². The van der Waals surface area contributed by atoms with Crippen molar-refractivity contribution in [1.82, 2.24) is 5.32 Å². The fraction of sp³-hybridized carbons (Fsp3) is 0.533. The van der Waals surface area contributed by atoms with E-state index < -0.39 is 0 Å². The summed E-state index contributed by atoms with van der Waals surface area (Å²) < 4.78 is 0. The van der Waals surface area contributed by atoms with Gasteiger partial charge in [-0.1, -0.05) is 39.0 Å². The van der Waals surface area contributed by atoms with Gasteiger partial charge < -0.3 is 5.32 Å². The average molecular weight is 265 g/mol. The molecule has 100 valence electrons. The molecule has 3 heteroatoms. The lowest BCUT2D eigenvalue weighted by molar-refractivity contribution is -0.122. The maximum atomic E-state index is 11.6. The van der Waals surface area contributed by atoms with Gasteiger partial charge in [-0.25, -0.2) is 0 Å². The van der Waals surface area contributed by atoms with Crippen molar-refractivity contribution in [3.8, 4) is 0 Å². The zero-order chi connectivity index (χ0) is 13.4. The Morgan fingerprint density at radius 3 is 2.50 bits per heavy atom. The van der Waals surface area contributed by atoms with E-state index in [1.807, 2.05) is 30.0 Å². The van der Waals surface area contributed by atoms with E-state index in [2.05, 4.69) is 38.2 Å². The van der Waals surface area contributed by atoms with Gasteiger partial charge in [-0.2, -0.15) is 0 Å². The molecule has 1 amide bonds. The predicted molar refractivity (Wildman–Crippen MR) is 78.9 cm³/mol. The molecule has 1 aromatic carbocycles. The van der Waals surface area contributed by atoms with Crippen molar-refractivity contribution in [2.24, 2.45) is 5.41 Å². The molecule has 0 aromatic heterocycles. The molecule has 2 nitrogen and oxygen atoms in total. The van der Waals surface area contributed by atoms with E-state index in [1.54, 1.807) is 0 Å². The molecule has 1 aromatic rings. The first-order valence-electron chi connectivity index (χ1n) is 6.42. The van der Waals surface area contributed by atoms with Gasteiger partial charge in [0.25, 0.3) is 0 Å². The van der Waals surface area contributed by atoms with E-state index in [1.165, 1.54) is 4.90 Å². The third-order valence-electron chi connectivity index (χ3n) is 2.35. The second kappa shape index (κ2) is 7.47. The summed E-state index contributed by atoms with van der Waals surface area (Å²) in [6.45, 7) is 7.02. The summed E-state index contributed by atoms with van der Waals surface area (Å²) in [6, 6.07) is 10.4. The van der Waals surface area contributed by atoms with Gasteiger partial charge in [0.2, 0.25) is 5.91 Å². The average Bonchev–Trinajstić information content (AvgIpc) is 2.27. The molecule has 1 rings (SSSR count). The molecule has 1 N–H and O–H groups in total. The molecule has 0 fully saturated rings.